The van der Waals surface area contributed by atoms with Crippen molar-refractivity contribution < 1.29 is 23.9 Å². The number of nitrogens with zero attached hydrogens (tertiary/aromatic N) is 2. The van der Waals surface area contributed by atoms with Gasteiger partial charge >= 0.3 is 0 Å². The smallest absolute Gasteiger partial charge is 0.291 e. The van der Waals surface area contributed by atoms with Crippen molar-refractivity contribution in [2.75, 3.05) is 5.32 Å². The molecule has 0 aliphatic carbocycles. The summed E-state index contributed by atoms with van der Waals surface area (Å²) in [6, 6.07) is 13.4. The van der Waals surface area contributed by atoms with Crippen LogP contribution in [0.1, 0.15) is 16.1 Å². The van der Waals surface area contributed by atoms with E-state index in [1.54, 1.807) is 0 Å². The highest BCUT2D eigenvalue weighted by atomic mass is 16.6. The average molecular weight is 422 g/mol. The van der Waals surface area contributed by atoms with Crippen LogP contribution in [0.25, 0.3) is 6.08 Å². The predicted molar refractivity (Wildman–Crippen MR) is 109 cm³/mol. The summed E-state index contributed by atoms with van der Waals surface area (Å²) < 4.78 is 5.01. The van der Waals surface area contributed by atoms with Crippen LogP contribution in [0.4, 0.5) is 17.1 Å². The molecule has 0 unspecified atom stereocenters. The molecule has 0 bridgehead atoms. The maximum atomic E-state index is 12.8. The molecule has 2 N–H and O–H groups in total. The fourth-order valence-electron chi connectivity index (χ4n) is 2.51. The van der Waals surface area contributed by atoms with E-state index in [1.807, 2.05) is 0 Å². The van der Waals surface area contributed by atoms with Gasteiger partial charge in [-0.05, 0) is 35.9 Å². The van der Waals surface area contributed by atoms with E-state index in [2.05, 4.69) is 10.6 Å². The Hall–Kier alpha value is -4.80. The molecule has 0 saturated heterocycles. The molecule has 2 aromatic carbocycles. The summed E-state index contributed by atoms with van der Waals surface area (Å²) in [7, 11) is 0. The number of anilines is 1. The quantitative estimate of drug-likeness (QED) is 0.335. The van der Waals surface area contributed by atoms with Gasteiger partial charge in [0.1, 0.15) is 5.70 Å². The van der Waals surface area contributed by atoms with Crippen LogP contribution in [0.5, 0.6) is 0 Å². The fraction of sp³-hybridized carbons (Fsp3) is 0. The summed E-state index contributed by atoms with van der Waals surface area (Å²) in [4.78, 5) is 45.7. The van der Waals surface area contributed by atoms with Crippen molar-refractivity contribution in [1.82, 2.24) is 5.32 Å². The van der Waals surface area contributed by atoms with E-state index in [0.717, 1.165) is 0 Å². The van der Waals surface area contributed by atoms with Crippen LogP contribution >= 0.6 is 0 Å². The van der Waals surface area contributed by atoms with Gasteiger partial charge in [-0.15, -0.1) is 0 Å². The van der Waals surface area contributed by atoms with Crippen molar-refractivity contribution in [3.63, 3.8) is 0 Å². The van der Waals surface area contributed by atoms with E-state index in [9.17, 15) is 29.8 Å². The second kappa shape index (κ2) is 9.13. The van der Waals surface area contributed by atoms with Crippen molar-refractivity contribution in [1.29, 1.82) is 0 Å². The maximum Gasteiger partial charge on any atom is 0.291 e. The van der Waals surface area contributed by atoms with Gasteiger partial charge in [0.15, 0.2) is 5.76 Å². The Morgan fingerprint density at radius 2 is 1.61 bits per heavy atom. The highest BCUT2D eigenvalue weighted by Crippen LogP contribution is 2.18. The van der Waals surface area contributed by atoms with Gasteiger partial charge in [0.2, 0.25) is 0 Å². The second-order valence-corrected chi connectivity index (χ2v) is 6.10. The van der Waals surface area contributed by atoms with Crippen LogP contribution in [0.3, 0.4) is 0 Å². The molecule has 0 radical (unpaired) electrons. The topological polar surface area (TPSA) is 158 Å². The Bertz CT molecular complexity index is 1170. The molecule has 0 spiro atoms. The first kappa shape index (κ1) is 20.9. The van der Waals surface area contributed by atoms with Crippen molar-refractivity contribution in [3.8, 4) is 0 Å². The molecule has 0 fully saturated rings. The molecule has 3 rings (SSSR count). The first-order valence-corrected chi connectivity index (χ1v) is 8.70. The monoisotopic (exact) mass is 422 g/mol. The highest BCUT2D eigenvalue weighted by molar-refractivity contribution is 6.10. The lowest BCUT2D eigenvalue weighted by atomic mass is 10.1. The summed E-state index contributed by atoms with van der Waals surface area (Å²) >= 11 is 0. The van der Waals surface area contributed by atoms with E-state index in [-0.39, 0.29) is 28.5 Å². The van der Waals surface area contributed by atoms with Gasteiger partial charge in [-0.25, -0.2) is 0 Å². The number of rotatable bonds is 7. The highest BCUT2D eigenvalue weighted by Gasteiger charge is 2.17. The summed E-state index contributed by atoms with van der Waals surface area (Å²) in [6.45, 7) is 0. The molecule has 0 atom stereocenters. The van der Waals surface area contributed by atoms with Crippen molar-refractivity contribution in [2.24, 2.45) is 0 Å². The molecule has 1 heterocycles. The van der Waals surface area contributed by atoms with Crippen LogP contribution in [0.15, 0.2) is 77.0 Å². The van der Waals surface area contributed by atoms with Gasteiger partial charge in [-0.2, -0.15) is 0 Å². The minimum atomic E-state index is -0.750. The third kappa shape index (κ3) is 5.38. The molecule has 11 heteroatoms. The van der Waals surface area contributed by atoms with E-state index in [0.29, 0.717) is 5.56 Å². The molecular formula is C20H14N4O7. The number of nitro groups is 2. The van der Waals surface area contributed by atoms with Gasteiger partial charge in [-0.3, -0.25) is 29.8 Å². The van der Waals surface area contributed by atoms with Gasteiger partial charge in [-0.1, -0.05) is 12.1 Å². The van der Waals surface area contributed by atoms with Crippen molar-refractivity contribution in [2.45, 2.75) is 0 Å². The van der Waals surface area contributed by atoms with Gasteiger partial charge < -0.3 is 15.1 Å². The zero-order chi connectivity index (χ0) is 22.4. The number of amides is 2. The first-order chi connectivity index (χ1) is 14.8. The number of hydrogen-bond donors (Lipinski definition) is 2. The van der Waals surface area contributed by atoms with Crippen LogP contribution < -0.4 is 10.6 Å². The van der Waals surface area contributed by atoms with E-state index in [1.165, 1.54) is 73.0 Å². The average Bonchev–Trinajstić information content (AvgIpc) is 3.29. The standard InChI is InChI=1S/C20H14N4O7/c25-19(21-14-6-8-15(9-7-14)23(27)28)17(22-20(26)18-5-2-10-31-18)12-13-3-1-4-16(11-13)24(29)30/h1-12H,(H,21,25)(H,22,26)/b17-12-. The normalized spacial score (nSPS) is 10.9. The fourth-order valence-corrected chi connectivity index (χ4v) is 2.51. The van der Waals surface area contributed by atoms with Crippen LogP contribution in [-0.2, 0) is 4.79 Å². The Labute approximate surface area is 174 Å². The predicted octanol–water partition coefficient (Wildman–Crippen LogP) is 3.51. The number of furan rings is 1. The van der Waals surface area contributed by atoms with E-state index >= 15 is 0 Å². The second-order valence-electron chi connectivity index (χ2n) is 6.10. The lowest BCUT2D eigenvalue weighted by Gasteiger charge is -2.10. The Balaban J connectivity index is 1.89. The lowest BCUT2D eigenvalue weighted by Crippen LogP contribution is -2.30. The zero-order valence-corrected chi connectivity index (χ0v) is 15.7. The van der Waals surface area contributed by atoms with Crippen molar-refractivity contribution in [3.05, 3.63) is 104 Å². The molecule has 31 heavy (non-hydrogen) atoms. The summed E-state index contributed by atoms with van der Waals surface area (Å²) in [5.74, 6) is -1.51. The number of carbonyl (C=O) groups excluding carboxylic acids is 2. The van der Waals surface area contributed by atoms with Crippen molar-refractivity contribution >= 4 is 35.0 Å². The molecule has 2 amide bonds. The minimum absolute atomic E-state index is 0.0481. The van der Waals surface area contributed by atoms with Gasteiger partial charge in [0, 0.05) is 30.0 Å². The van der Waals surface area contributed by atoms with Gasteiger partial charge in [0.25, 0.3) is 23.2 Å². The molecule has 1 aromatic heterocycles. The minimum Gasteiger partial charge on any atom is -0.459 e. The third-order valence-corrected chi connectivity index (χ3v) is 3.97. The SMILES string of the molecule is O=C(Nc1ccc([N+](=O)[O-])cc1)/C(=C/c1cccc([N+](=O)[O-])c1)NC(=O)c1ccco1. The Kier molecular flexibility index (Phi) is 6.16. The number of carbonyl (C=O) groups is 2. The first-order valence-electron chi connectivity index (χ1n) is 8.70. The molecule has 3 aromatic rings. The molecule has 0 aliphatic rings. The number of benzene rings is 2. The van der Waals surface area contributed by atoms with E-state index < -0.39 is 21.7 Å². The third-order valence-electron chi connectivity index (χ3n) is 3.97. The molecule has 11 nitrogen and oxygen atoms in total. The van der Waals surface area contributed by atoms with Gasteiger partial charge in [0.05, 0.1) is 16.1 Å². The van der Waals surface area contributed by atoms with Crippen LogP contribution in [-0.4, -0.2) is 21.7 Å². The molecule has 0 aliphatic heterocycles. The number of nitro benzene ring substituents is 2. The number of nitrogens with one attached hydrogen (secondary N) is 2. The number of non-ortho nitro benzene ring substituents is 2. The Morgan fingerprint density at radius 1 is 0.903 bits per heavy atom. The van der Waals surface area contributed by atoms with Crippen LogP contribution in [0.2, 0.25) is 0 Å². The lowest BCUT2D eigenvalue weighted by molar-refractivity contribution is -0.385. The summed E-state index contributed by atoms with van der Waals surface area (Å²) in [5.41, 5.74) is -0.0337. The zero-order valence-electron chi connectivity index (χ0n) is 15.7. The number of hydrogen-bond acceptors (Lipinski definition) is 7. The summed E-state index contributed by atoms with van der Waals surface area (Å²) in [5, 5.41) is 26.7. The Morgan fingerprint density at radius 3 is 2.23 bits per heavy atom. The molecule has 0 saturated carbocycles. The largest absolute Gasteiger partial charge is 0.459 e. The van der Waals surface area contributed by atoms with Crippen LogP contribution in [0, 0.1) is 20.2 Å². The van der Waals surface area contributed by atoms with E-state index in [4.69, 9.17) is 4.42 Å². The molecular weight excluding hydrogens is 408 g/mol. The molecule has 156 valence electrons. The summed E-state index contributed by atoms with van der Waals surface area (Å²) in [6.07, 6.45) is 2.55. The maximum absolute atomic E-state index is 12.8.